The molecule has 0 aliphatic rings. The third kappa shape index (κ3) is 2.82. The number of hydrogen-bond donors (Lipinski definition) is 1. The summed E-state index contributed by atoms with van der Waals surface area (Å²) in [6, 6.07) is 0. The number of methoxy groups -OCH3 is 1. The minimum absolute atomic E-state index is 0.160. The Labute approximate surface area is 115 Å². The lowest BCUT2D eigenvalue weighted by molar-refractivity contribution is 0.0592. The monoisotopic (exact) mass is 280 g/mol. The minimum Gasteiger partial charge on any atom is -0.464 e. The molecule has 20 heavy (non-hydrogen) atoms. The van der Waals surface area contributed by atoms with Crippen LogP contribution in [0.4, 0.5) is 0 Å². The van der Waals surface area contributed by atoms with Crippen LogP contribution in [0.5, 0.6) is 0 Å². The number of ether oxygens (including phenoxy) is 1. The fourth-order valence-corrected chi connectivity index (χ4v) is 1.73. The second kappa shape index (κ2) is 6.24. The van der Waals surface area contributed by atoms with Gasteiger partial charge in [-0.2, -0.15) is 4.98 Å². The largest absolute Gasteiger partial charge is 0.464 e. The predicted molar refractivity (Wildman–Crippen MR) is 66.9 cm³/mol. The van der Waals surface area contributed by atoms with Crippen molar-refractivity contribution in [1.29, 1.82) is 0 Å². The third-order valence-corrected chi connectivity index (χ3v) is 2.71. The van der Waals surface area contributed by atoms with E-state index in [0.29, 0.717) is 36.8 Å². The van der Waals surface area contributed by atoms with Crippen LogP contribution in [0.15, 0.2) is 4.52 Å². The summed E-state index contributed by atoms with van der Waals surface area (Å²) in [5.74, 6) is 0.481. The number of rotatable bonds is 6. The van der Waals surface area contributed by atoms with Crippen molar-refractivity contribution < 1.29 is 14.1 Å². The molecule has 0 spiro atoms. The molecule has 2 aromatic heterocycles. The van der Waals surface area contributed by atoms with Crippen molar-refractivity contribution in [2.75, 3.05) is 13.7 Å². The Morgan fingerprint density at radius 2 is 2.30 bits per heavy atom. The van der Waals surface area contributed by atoms with E-state index in [1.165, 1.54) is 11.8 Å². The summed E-state index contributed by atoms with van der Waals surface area (Å²) in [4.78, 5) is 15.8. The molecule has 0 aliphatic heterocycles. The van der Waals surface area contributed by atoms with Crippen molar-refractivity contribution in [1.82, 2.24) is 25.1 Å². The summed E-state index contributed by atoms with van der Waals surface area (Å²) in [5, 5.41) is 11.5. The molecule has 2 rings (SSSR count). The van der Waals surface area contributed by atoms with Crippen LogP contribution in [-0.2, 0) is 24.1 Å². The fraction of sp³-hybridized carbons (Fsp3) is 0.545. The van der Waals surface area contributed by atoms with Gasteiger partial charge in [-0.15, -0.1) is 5.10 Å². The first-order valence-corrected chi connectivity index (χ1v) is 6.21. The molecule has 0 bridgehead atoms. The zero-order chi connectivity index (χ0) is 14.5. The van der Waals surface area contributed by atoms with Crippen molar-refractivity contribution in [2.45, 2.75) is 26.3 Å². The van der Waals surface area contributed by atoms with Gasteiger partial charge in [0.1, 0.15) is 6.54 Å². The minimum atomic E-state index is -0.542. The number of nitrogens with zero attached hydrogens (tertiary/aromatic N) is 5. The van der Waals surface area contributed by atoms with Crippen molar-refractivity contribution in [3.63, 3.8) is 0 Å². The van der Waals surface area contributed by atoms with Crippen LogP contribution in [0.25, 0.3) is 0 Å². The van der Waals surface area contributed by atoms with Gasteiger partial charge in [0.15, 0.2) is 11.5 Å². The number of nitrogens with two attached hydrogens (primary N) is 1. The topological polar surface area (TPSA) is 122 Å². The zero-order valence-electron chi connectivity index (χ0n) is 11.4. The molecule has 9 heteroatoms. The average molecular weight is 280 g/mol. The highest BCUT2D eigenvalue weighted by molar-refractivity contribution is 5.88. The Balaban J connectivity index is 2.26. The van der Waals surface area contributed by atoms with Gasteiger partial charge in [-0.25, -0.2) is 9.48 Å². The highest BCUT2D eigenvalue weighted by Crippen LogP contribution is 2.10. The number of aromatic nitrogens is 5. The highest BCUT2D eigenvalue weighted by atomic mass is 16.5. The summed E-state index contributed by atoms with van der Waals surface area (Å²) in [5.41, 5.74) is 6.30. The number of hydrogen-bond acceptors (Lipinski definition) is 8. The molecule has 0 saturated heterocycles. The summed E-state index contributed by atoms with van der Waals surface area (Å²) < 4.78 is 11.3. The van der Waals surface area contributed by atoms with Gasteiger partial charge in [0.2, 0.25) is 5.89 Å². The number of esters is 1. The van der Waals surface area contributed by atoms with Crippen LogP contribution in [0.2, 0.25) is 0 Å². The second-order valence-corrected chi connectivity index (χ2v) is 4.03. The number of aryl methyl sites for hydroxylation is 1. The van der Waals surface area contributed by atoms with Gasteiger partial charge in [0.25, 0.3) is 0 Å². The van der Waals surface area contributed by atoms with Gasteiger partial charge in [-0.3, -0.25) is 0 Å². The predicted octanol–water partition coefficient (Wildman–Crippen LogP) is -0.440. The lowest BCUT2D eigenvalue weighted by Crippen LogP contribution is -2.15. The van der Waals surface area contributed by atoms with E-state index in [2.05, 4.69) is 25.2 Å². The third-order valence-electron chi connectivity index (χ3n) is 2.71. The molecule has 0 radical (unpaired) electrons. The quantitative estimate of drug-likeness (QED) is 0.706. The van der Waals surface area contributed by atoms with E-state index >= 15 is 0 Å². The Morgan fingerprint density at radius 3 is 2.90 bits per heavy atom. The van der Waals surface area contributed by atoms with E-state index in [4.69, 9.17) is 10.3 Å². The molecule has 2 N–H and O–H groups in total. The van der Waals surface area contributed by atoms with E-state index in [1.807, 2.05) is 6.92 Å². The second-order valence-electron chi connectivity index (χ2n) is 4.03. The molecule has 0 aliphatic carbocycles. The van der Waals surface area contributed by atoms with E-state index in [9.17, 15) is 4.79 Å². The lowest BCUT2D eigenvalue weighted by atomic mass is 10.2. The summed E-state index contributed by atoms with van der Waals surface area (Å²) in [6.45, 7) is 2.53. The Kier molecular flexibility index (Phi) is 4.41. The van der Waals surface area contributed by atoms with Gasteiger partial charge in [0.05, 0.1) is 12.8 Å². The lowest BCUT2D eigenvalue weighted by Gasteiger charge is -2.03. The Hall–Kier alpha value is -2.29. The van der Waals surface area contributed by atoms with Gasteiger partial charge in [0, 0.05) is 12.8 Å². The normalized spacial score (nSPS) is 10.8. The van der Waals surface area contributed by atoms with Crippen LogP contribution in [0, 0.1) is 0 Å². The molecular formula is C11H16N6O3. The summed E-state index contributed by atoms with van der Waals surface area (Å²) in [7, 11) is 1.29. The van der Waals surface area contributed by atoms with Crippen LogP contribution < -0.4 is 5.73 Å². The molecule has 2 heterocycles. The number of carbonyl (C=O) groups excluding carboxylic acids is 1. The molecule has 108 valence electrons. The van der Waals surface area contributed by atoms with E-state index in [0.717, 1.165) is 0 Å². The first kappa shape index (κ1) is 14.1. The molecule has 0 fully saturated rings. The summed E-state index contributed by atoms with van der Waals surface area (Å²) >= 11 is 0. The molecular weight excluding hydrogens is 264 g/mol. The average Bonchev–Trinajstić information content (AvgIpc) is 3.07. The maximum Gasteiger partial charge on any atom is 0.360 e. The van der Waals surface area contributed by atoms with Gasteiger partial charge >= 0.3 is 5.97 Å². The smallest absolute Gasteiger partial charge is 0.360 e. The SMILES string of the molecule is CCc1noc(Cn2nnc(C(=O)OC)c2CCN)n1. The molecule has 0 amide bonds. The summed E-state index contributed by atoms with van der Waals surface area (Å²) in [6.07, 6.45) is 1.14. The molecule has 0 aromatic carbocycles. The molecule has 0 atom stereocenters. The molecule has 9 nitrogen and oxygen atoms in total. The van der Waals surface area contributed by atoms with Crippen LogP contribution in [0.1, 0.15) is 34.8 Å². The van der Waals surface area contributed by atoms with Crippen LogP contribution >= 0.6 is 0 Å². The van der Waals surface area contributed by atoms with E-state index in [-0.39, 0.29) is 12.2 Å². The zero-order valence-corrected chi connectivity index (χ0v) is 11.4. The van der Waals surface area contributed by atoms with Crippen LogP contribution in [0.3, 0.4) is 0 Å². The fourth-order valence-electron chi connectivity index (χ4n) is 1.73. The highest BCUT2D eigenvalue weighted by Gasteiger charge is 2.20. The van der Waals surface area contributed by atoms with Crippen molar-refractivity contribution in [3.05, 3.63) is 23.1 Å². The molecule has 2 aromatic rings. The van der Waals surface area contributed by atoms with Crippen molar-refractivity contribution in [3.8, 4) is 0 Å². The van der Waals surface area contributed by atoms with Gasteiger partial charge < -0.3 is 15.0 Å². The van der Waals surface area contributed by atoms with Gasteiger partial charge in [-0.05, 0) is 6.54 Å². The maximum absolute atomic E-state index is 11.6. The number of carbonyl (C=O) groups is 1. The first-order chi connectivity index (χ1) is 9.69. The van der Waals surface area contributed by atoms with Gasteiger partial charge in [-0.1, -0.05) is 17.3 Å². The Bertz CT molecular complexity index is 591. The molecule has 0 saturated carbocycles. The van der Waals surface area contributed by atoms with Crippen LogP contribution in [-0.4, -0.2) is 44.8 Å². The Morgan fingerprint density at radius 1 is 1.50 bits per heavy atom. The van der Waals surface area contributed by atoms with E-state index < -0.39 is 5.97 Å². The molecule has 0 unspecified atom stereocenters. The van der Waals surface area contributed by atoms with Crippen molar-refractivity contribution >= 4 is 5.97 Å². The standard InChI is InChI=1S/C11H16N6O3/c1-3-8-13-9(20-15-8)6-17-7(4-5-12)10(14-16-17)11(18)19-2/h3-6,12H2,1-2H3. The maximum atomic E-state index is 11.6. The van der Waals surface area contributed by atoms with Crippen molar-refractivity contribution in [2.24, 2.45) is 5.73 Å². The first-order valence-electron chi connectivity index (χ1n) is 6.21. The van der Waals surface area contributed by atoms with E-state index in [1.54, 1.807) is 0 Å².